The van der Waals surface area contributed by atoms with Crippen molar-refractivity contribution in [2.45, 2.75) is 64.2 Å². The van der Waals surface area contributed by atoms with E-state index < -0.39 is 5.41 Å². The van der Waals surface area contributed by atoms with Gasteiger partial charge in [0.2, 0.25) is 5.91 Å². The van der Waals surface area contributed by atoms with Gasteiger partial charge in [0.15, 0.2) is 0 Å². The number of carbonyl (C=O) groups is 1. The first-order valence-electron chi connectivity index (χ1n) is 12.3. The molecule has 2 aromatic rings. The third kappa shape index (κ3) is 5.66. The van der Waals surface area contributed by atoms with Gasteiger partial charge in [-0.3, -0.25) is 4.79 Å². The largest absolute Gasteiger partial charge is 0.494 e. The summed E-state index contributed by atoms with van der Waals surface area (Å²) >= 11 is 0. The second-order valence-corrected chi connectivity index (χ2v) is 9.58. The third-order valence-electron chi connectivity index (χ3n) is 7.32. The number of ether oxygens (including phenoxy) is 1. The molecule has 33 heavy (non-hydrogen) atoms. The molecule has 0 spiro atoms. The quantitative estimate of drug-likeness (QED) is 0.490. The van der Waals surface area contributed by atoms with Crippen molar-refractivity contribution < 1.29 is 9.53 Å². The van der Waals surface area contributed by atoms with E-state index in [9.17, 15) is 4.79 Å². The summed E-state index contributed by atoms with van der Waals surface area (Å²) in [7, 11) is 0. The van der Waals surface area contributed by atoms with Crippen LogP contribution in [-0.4, -0.2) is 12.5 Å². The molecule has 2 aliphatic rings. The molecular formula is C29H34N2O2. The zero-order valence-electron chi connectivity index (χ0n) is 19.6. The van der Waals surface area contributed by atoms with Crippen LogP contribution >= 0.6 is 0 Å². The van der Waals surface area contributed by atoms with Gasteiger partial charge in [-0.1, -0.05) is 43.0 Å². The van der Waals surface area contributed by atoms with Crippen molar-refractivity contribution >= 4 is 11.6 Å². The highest BCUT2D eigenvalue weighted by atomic mass is 16.5. The van der Waals surface area contributed by atoms with Crippen molar-refractivity contribution in [1.29, 1.82) is 5.26 Å². The number of rotatable bonds is 9. The maximum atomic E-state index is 12.2. The molecule has 2 saturated carbocycles. The standard InChI is InChI=1S/C29H34N2O2/c1-3-33-27-16-14-26(15-17-27)25-12-8-23(9-13-25)5-4-22-6-10-24(11-7-22)21(2)31-28(32)29(20-30)18-19-29/h6-7,10-11,14-17,23,25H,2-5,8-9,12-13,18-19H2,1H3,(H,31,32). The van der Waals surface area contributed by atoms with Crippen molar-refractivity contribution in [3.8, 4) is 11.8 Å². The lowest BCUT2D eigenvalue weighted by atomic mass is 9.77. The van der Waals surface area contributed by atoms with Crippen molar-refractivity contribution in [1.82, 2.24) is 5.32 Å². The van der Waals surface area contributed by atoms with Crippen LogP contribution < -0.4 is 10.1 Å². The van der Waals surface area contributed by atoms with E-state index in [1.807, 2.05) is 19.1 Å². The molecule has 2 aliphatic carbocycles. The van der Waals surface area contributed by atoms with Crippen molar-refractivity contribution in [3.63, 3.8) is 0 Å². The van der Waals surface area contributed by atoms with E-state index in [0.29, 0.717) is 31.1 Å². The number of benzene rings is 2. The van der Waals surface area contributed by atoms with Crippen molar-refractivity contribution in [3.05, 3.63) is 71.8 Å². The lowest BCUT2D eigenvalue weighted by molar-refractivity contribution is -0.123. The van der Waals surface area contributed by atoms with Crippen LogP contribution in [0.1, 0.15) is 74.5 Å². The Kier molecular flexibility index (Phi) is 7.18. The van der Waals surface area contributed by atoms with Gasteiger partial charge in [0, 0.05) is 5.70 Å². The number of nitrogens with zero attached hydrogens (tertiary/aromatic N) is 1. The van der Waals surface area contributed by atoms with Gasteiger partial charge in [0.1, 0.15) is 11.2 Å². The molecule has 0 bridgehead atoms. The molecular weight excluding hydrogens is 408 g/mol. The van der Waals surface area contributed by atoms with Crippen LogP contribution in [0.5, 0.6) is 5.75 Å². The third-order valence-corrected chi connectivity index (χ3v) is 7.32. The maximum absolute atomic E-state index is 12.2. The summed E-state index contributed by atoms with van der Waals surface area (Å²) in [5.41, 5.74) is 3.41. The zero-order valence-corrected chi connectivity index (χ0v) is 19.6. The molecule has 2 fully saturated rings. The Labute approximate surface area is 197 Å². The molecule has 2 aromatic carbocycles. The van der Waals surface area contributed by atoms with Gasteiger partial charge < -0.3 is 10.1 Å². The Morgan fingerprint density at radius 3 is 2.33 bits per heavy atom. The summed E-state index contributed by atoms with van der Waals surface area (Å²) in [4.78, 5) is 12.2. The highest BCUT2D eigenvalue weighted by Crippen LogP contribution is 2.45. The smallest absolute Gasteiger partial charge is 0.244 e. The summed E-state index contributed by atoms with van der Waals surface area (Å²) in [6.45, 7) is 6.71. The molecule has 0 saturated heterocycles. The Morgan fingerprint density at radius 2 is 1.76 bits per heavy atom. The molecule has 0 heterocycles. The molecule has 0 aliphatic heterocycles. The monoisotopic (exact) mass is 442 g/mol. The van der Waals surface area contributed by atoms with Crippen LogP contribution in [0.2, 0.25) is 0 Å². The maximum Gasteiger partial charge on any atom is 0.244 e. The van der Waals surface area contributed by atoms with E-state index >= 15 is 0 Å². The van der Waals surface area contributed by atoms with Gasteiger partial charge in [-0.2, -0.15) is 5.26 Å². The van der Waals surface area contributed by atoms with Crippen LogP contribution in [-0.2, 0) is 11.2 Å². The topological polar surface area (TPSA) is 62.1 Å². The second kappa shape index (κ2) is 10.3. The van der Waals surface area contributed by atoms with E-state index in [1.54, 1.807) is 0 Å². The Hall–Kier alpha value is -3.06. The number of nitrogens with one attached hydrogen (secondary N) is 1. The average molecular weight is 443 g/mol. The second-order valence-electron chi connectivity index (χ2n) is 9.58. The Bertz CT molecular complexity index is 1010. The zero-order chi connectivity index (χ0) is 23.3. The molecule has 4 heteroatoms. The Morgan fingerprint density at radius 1 is 1.09 bits per heavy atom. The molecule has 0 radical (unpaired) electrons. The van der Waals surface area contributed by atoms with Gasteiger partial charge in [0.05, 0.1) is 12.7 Å². The van der Waals surface area contributed by atoms with Crippen LogP contribution in [0, 0.1) is 22.7 Å². The van der Waals surface area contributed by atoms with Gasteiger partial charge in [0.25, 0.3) is 0 Å². The molecule has 172 valence electrons. The minimum atomic E-state index is -0.825. The lowest BCUT2D eigenvalue weighted by Gasteiger charge is -2.29. The normalized spacial score (nSPS) is 21.0. The molecule has 1 N–H and O–H groups in total. The van der Waals surface area contributed by atoms with Gasteiger partial charge in [-0.15, -0.1) is 0 Å². The fourth-order valence-corrected chi connectivity index (χ4v) is 4.87. The van der Waals surface area contributed by atoms with Gasteiger partial charge >= 0.3 is 0 Å². The predicted octanol–water partition coefficient (Wildman–Crippen LogP) is 6.38. The SMILES string of the molecule is C=C(NC(=O)C1(C#N)CC1)c1ccc(CCC2CCC(c3ccc(OCC)cc3)CC2)cc1. The minimum Gasteiger partial charge on any atom is -0.494 e. The molecule has 4 rings (SSSR count). The molecule has 4 nitrogen and oxygen atoms in total. The molecule has 0 atom stereocenters. The summed E-state index contributed by atoms with van der Waals surface area (Å²) in [6.07, 6.45) is 8.70. The molecule has 0 aromatic heterocycles. The first-order chi connectivity index (χ1) is 16.0. The summed E-state index contributed by atoms with van der Waals surface area (Å²) in [5, 5.41) is 12.0. The van der Waals surface area contributed by atoms with Gasteiger partial charge in [-0.25, -0.2) is 0 Å². The fraction of sp³-hybridized carbons (Fsp3) is 0.448. The lowest BCUT2D eigenvalue weighted by Crippen LogP contribution is -2.29. The molecule has 0 unspecified atom stereocenters. The number of amides is 1. The van der Waals surface area contributed by atoms with E-state index in [4.69, 9.17) is 10.00 Å². The van der Waals surface area contributed by atoms with E-state index in [2.05, 4.69) is 54.4 Å². The predicted molar refractivity (Wildman–Crippen MR) is 132 cm³/mol. The van der Waals surface area contributed by atoms with Crippen LogP contribution in [0.25, 0.3) is 5.70 Å². The van der Waals surface area contributed by atoms with E-state index in [1.165, 1.54) is 43.2 Å². The van der Waals surface area contributed by atoms with Crippen molar-refractivity contribution in [2.24, 2.45) is 11.3 Å². The summed E-state index contributed by atoms with van der Waals surface area (Å²) in [5.74, 6) is 2.20. The minimum absolute atomic E-state index is 0.222. The Balaban J connectivity index is 1.21. The van der Waals surface area contributed by atoms with Gasteiger partial charge in [-0.05, 0) is 98.9 Å². The first-order valence-corrected chi connectivity index (χ1v) is 12.3. The van der Waals surface area contributed by atoms with Crippen LogP contribution in [0.15, 0.2) is 55.1 Å². The number of hydrogen-bond acceptors (Lipinski definition) is 3. The summed E-state index contributed by atoms with van der Waals surface area (Å²) < 4.78 is 5.56. The fourth-order valence-electron chi connectivity index (χ4n) is 4.87. The molecule has 1 amide bonds. The van der Waals surface area contributed by atoms with E-state index in [-0.39, 0.29) is 5.91 Å². The average Bonchev–Trinajstić information content (AvgIpc) is 3.66. The van der Waals surface area contributed by atoms with Crippen molar-refractivity contribution in [2.75, 3.05) is 6.61 Å². The number of aryl methyl sites for hydroxylation is 1. The highest BCUT2D eigenvalue weighted by molar-refractivity contribution is 5.94. The van der Waals surface area contributed by atoms with Crippen LogP contribution in [0.3, 0.4) is 0 Å². The first kappa shape index (κ1) is 23.1. The number of hydrogen-bond donors (Lipinski definition) is 1. The van der Waals surface area contributed by atoms with Crippen LogP contribution in [0.4, 0.5) is 0 Å². The number of carbonyl (C=O) groups excluding carboxylic acids is 1. The number of nitriles is 1. The summed E-state index contributed by atoms with van der Waals surface area (Å²) in [6, 6.07) is 19.1. The van der Waals surface area contributed by atoms with E-state index in [0.717, 1.165) is 23.7 Å². The highest BCUT2D eigenvalue weighted by Gasteiger charge is 2.50.